The Kier molecular flexibility index (Phi) is 6.30. The average molecular weight is 337 g/mol. The highest BCUT2D eigenvalue weighted by Crippen LogP contribution is 2.32. The number of allylic oxidation sites excluding steroid dienone is 1. The van der Waals surface area contributed by atoms with Crippen LogP contribution in [0.25, 0.3) is 0 Å². The van der Waals surface area contributed by atoms with Crippen LogP contribution in [0.15, 0.2) is 17.7 Å². The number of hydrogen-bond donors (Lipinski definition) is 0. The number of halogens is 4. The normalized spacial score (nSPS) is 11.4. The maximum atomic E-state index is 13.4. The third kappa shape index (κ3) is 3.80. The molecule has 1 aromatic rings. The van der Waals surface area contributed by atoms with Crippen LogP contribution >= 0.6 is 23.2 Å². The van der Waals surface area contributed by atoms with Gasteiger partial charge in [-0.25, -0.2) is 13.6 Å². The van der Waals surface area contributed by atoms with Crippen LogP contribution in [-0.2, 0) is 9.53 Å². The van der Waals surface area contributed by atoms with Crippen LogP contribution in [0.1, 0.15) is 30.6 Å². The lowest BCUT2D eigenvalue weighted by atomic mass is 10.0. The van der Waals surface area contributed by atoms with Gasteiger partial charge in [-0.05, 0) is 19.4 Å². The zero-order chi connectivity index (χ0) is 16.2. The highest BCUT2D eigenvalue weighted by atomic mass is 35.5. The van der Waals surface area contributed by atoms with Crippen molar-refractivity contribution in [3.63, 3.8) is 0 Å². The molecule has 114 valence electrons. The van der Waals surface area contributed by atoms with Gasteiger partial charge in [-0.2, -0.15) is 0 Å². The van der Waals surface area contributed by atoms with E-state index in [0.717, 1.165) is 0 Å². The van der Waals surface area contributed by atoms with E-state index in [1.807, 2.05) is 0 Å². The lowest BCUT2D eigenvalue weighted by Gasteiger charge is -2.09. The molecule has 0 heterocycles. The number of benzene rings is 1. The van der Waals surface area contributed by atoms with Gasteiger partial charge in [0.1, 0.15) is 5.57 Å². The van der Waals surface area contributed by atoms with Crippen molar-refractivity contribution in [2.75, 3.05) is 6.61 Å². The van der Waals surface area contributed by atoms with Crippen LogP contribution in [0.2, 0.25) is 10.0 Å². The van der Waals surface area contributed by atoms with E-state index in [0.29, 0.717) is 12.5 Å². The van der Waals surface area contributed by atoms with E-state index in [1.165, 1.54) is 6.08 Å². The van der Waals surface area contributed by atoms with Gasteiger partial charge in [0, 0.05) is 5.56 Å². The summed E-state index contributed by atoms with van der Waals surface area (Å²) in [6.07, 6.45) is 1.70. The lowest BCUT2D eigenvalue weighted by Crippen LogP contribution is -2.17. The van der Waals surface area contributed by atoms with E-state index >= 15 is 0 Å². The number of Topliss-reactive ketones (excluding diaryl/α,β-unsaturated/α-hetero) is 1. The molecule has 1 aromatic carbocycles. The van der Waals surface area contributed by atoms with Gasteiger partial charge in [0.2, 0.25) is 5.78 Å². The third-order valence-electron chi connectivity index (χ3n) is 2.50. The second-order valence-electron chi connectivity index (χ2n) is 3.92. The highest BCUT2D eigenvalue weighted by Gasteiger charge is 2.26. The quantitative estimate of drug-likeness (QED) is 0.153. The van der Waals surface area contributed by atoms with Gasteiger partial charge >= 0.3 is 5.97 Å². The maximum Gasteiger partial charge on any atom is 0.341 e. The summed E-state index contributed by atoms with van der Waals surface area (Å²) in [5, 5.41) is -1.16. The Bertz CT molecular complexity index is 613. The summed E-state index contributed by atoms with van der Waals surface area (Å²) in [4.78, 5) is 24.0. The molecular formula is C14H12Cl2F2O3. The van der Waals surface area contributed by atoms with E-state index in [-0.39, 0.29) is 12.2 Å². The van der Waals surface area contributed by atoms with E-state index < -0.39 is 39.0 Å². The Morgan fingerprint density at radius 3 is 2.38 bits per heavy atom. The summed E-state index contributed by atoms with van der Waals surface area (Å²) in [5.41, 5.74) is -0.698. The molecule has 3 nitrogen and oxygen atoms in total. The highest BCUT2D eigenvalue weighted by molar-refractivity contribution is 6.45. The summed E-state index contributed by atoms with van der Waals surface area (Å²) in [6.45, 7) is 3.35. The van der Waals surface area contributed by atoms with E-state index in [9.17, 15) is 18.4 Å². The number of esters is 1. The van der Waals surface area contributed by atoms with Gasteiger partial charge in [0.15, 0.2) is 11.6 Å². The molecule has 7 heteroatoms. The minimum atomic E-state index is -1.35. The van der Waals surface area contributed by atoms with Gasteiger partial charge in [-0.3, -0.25) is 4.79 Å². The molecule has 0 fully saturated rings. The molecule has 0 unspecified atom stereocenters. The molecule has 0 radical (unpaired) electrons. The van der Waals surface area contributed by atoms with Crippen molar-refractivity contribution in [2.45, 2.75) is 20.3 Å². The molecule has 0 bridgehead atoms. The minimum absolute atomic E-state index is 0.0689. The molecule has 0 aromatic heterocycles. The Morgan fingerprint density at radius 1 is 1.24 bits per heavy atom. The fourth-order valence-electron chi connectivity index (χ4n) is 1.56. The smallest absolute Gasteiger partial charge is 0.341 e. The molecule has 0 aliphatic carbocycles. The second kappa shape index (κ2) is 7.52. The van der Waals surface area contributed by atoms with Crippen LogP contribution in [0.4, 0.5) is 8.78 Å². The van der Waals surface area contributed by atoms with Crippen LogP contribution in [0.5, 0.6) is 0 Å². The van der Waals surface area contributed by atoms with Crippen molar-refractivity contribution in [1.29, 1.82) is 0 Å². The number of hydrogen-bond acceptors (Lipinski definition) is 3. The molecule has 0 spiro atoms. The number of ketones is 1. The fourth-order valence-corrected chi connectivity index (χ4v) is 1.98. The van der Waals surface area contributed by atoms with Crippen molar-refractivity contribution >= 4 is 35.0 Å². The predicted molar refractivity (Wildman–Crippen MR) is 75.7 cm³/mol. The fraction of sp³-hybridized carbons (Fsp3) is 0.286. The topological polar surface area (TPSA) is 43.4 Å². The number of rotatable bonds is 5. The summed E-state index contributed by atoms with van der Waals surface area (Å²) >= 11 is 11.3. The number of carbonyl (C=O) groups excluding carboxylic acids is 2. The molecule has 0 N–H and O–H groups in total. The summed E-state index contributed by atoms with van der Waals surface area (Å²) < 4.78 is 31.4. The van der Waals surface area contributed by atoms with E-state index in [1.54, 1.807) is 13.8 Å². The van der Waals surface area contributed by atoms with Crippen LogP contribution < -0.4 is 0 Å². The SMILES string of the molecule is CCC=C(C(=O)OCC)C(=O)c1cc(F)c(F)c(Cl)c1Cl. The van der Waals surface area contributed by atoms with E-state index in [2.05, 4.69) is 0 Å². The second-order valence-corrected chi connectivity index (χ2v) is 4.68. The average Bonchev–Trinajstić information content (AvgIpc) is 2.45. The first-order valence-corrected chi connectivity index (χ1v) is 6.85. The van der Waals surface area contributed by atoms with Gasteiger partial charge < -0.3 is 4.74 Å². The van der Waals surface area contributed by atoms with Crippen molar-refractivity contribution in [2.24, 2.45) is 0 Å². The van der Waals surface area contributed by atoms with Gasteiger partial charge in [-0.15, -0.1) is 0 Å². The lowest BCUT2D eigenvalue weighted by molar-refractivity contribution is -0.138. The van der Waals surface area contributed by atoms with Gasteiger partial charge in [0.05, 0.1) is 16.7 Å². The number of carbonyl (C=O) groups is 2. The molecule has 0 saturated heterocycles. The van der Waals surface area contributed by atoms with Crippen molar-refractivity contribution in [3.8, 4) is 0 Å². The van der Waals surface area contributed by atoms with Crippen LogP contribution in [-0.4, -0.2) is 18.4 Å². The zero-order valence-corrected chi connectivity index (χ0v) is 12.8. The number of ether oxygens (including phenoxy) is 1. The summed E-state index contributed by atoms with van der Waals surface area (Å²) in [6, 6.07) is 0.606. The molecule has 1 rings (SSSR count). The Labute approximate surface area is 130 Å². The molecule has 0 atom stereocenters. The summed E-state index contributed by atoms with van der Waals surface area (Å²) in [7, 11) is 0. The van der Waals surface area contributed by atoms with Gasteiger partial charge in [0.25, 0.3) is 0 Å². The monoisotopic (exact) mass is 336 g/mol. The molecule has 0 aliphatic heterocycles. The largest absolute Gasteiger partial charge is 0.462 e. The third-order valence-corrected chi connectivity index (χ3v) is 3.34. The molecule has 0 amide bonds. The predicted octanol–water partition coefficient (Wildman–Crippen LogP) is 4.35. The van der Waals surface area contributed by atoms with Gasteiger partial charge in [-0.1, -0.05) is 36.2 Å². The molecule has 0 saturated carbocycles. The Morgan fingerprint density at radius 2 is 1.86 bits per heavy atom. The molecule has 21 heavy (non-hydrogen) atoms. The Hall–Kier alpha value is -1.46. The van der Waals surface area contributed by atoms with Crippen molar-refractivity contribution in [3.05, 3.63) is 45.0 Å². The van der Waals surface area contributed by atoms with Crippen LogP contribution in [0, 0.1) is 11.6 Å². The van der Waals surface area contributed by atoms with E-state index in [4.69, 9.17) is 27.9 Å². The minimum Gasteiger partial charge on any atom is -0.462 e. The first-order chi connectivity index (χ1) is 9.84. The van der Waals surface area contributed by atoms with Crippen LogP contribution in [0.3, 0.4) is 0 Å². The van der Waals surface area contributed by atoms with Crippen molar-refractivity contribution in [1.82, 2.24) is 0 Å². The summed E-state index contributed by atoms with van der Waals surface area (Å²) in [5.74, 6) is -4.41. The maximum absolute atomic E-state index is 13.4. The first kappa shape index (κ1) is 17.6. The molecular weight excluding hydrogens is 325 g/mol. The Balaban J connectivity index is 3.35. The first-order valence-electron chi connectivity index (χ1n) is 6.10. The zero-order valence-electron chi connectivity index (χ0n) is 11.3. The standard InChI is InChI=1S/C14H12Cl2F2O3/c1-3-5-7(14(20)21-4-2)13(19)8-6-9(17)12(18)11(16)10(8)15/h5-6H,3-4H2,1-2H3. The molecule has 0 aliphatic rings. The van der Waals surface area contributed by atoms with Crippen molar-refractivity contribution < 1.29 is 23.1 Å².